The number of carbonyl (C=O) groups excluding carboxylic acids is 4. The normalized spacial score (nSPS) is 15.7. The highest BCUT2D eigenvalue weighted by atomic mass is 16.6. The lowest BCUT2D eigenvalue weighted by Gasteiger charge is -2.08. The van der Waals surface area contributed by atoms with Crippen LogP contribution in [0.25, 0.3) is 0 Å². The molecule has 3 unspecified atom stereocenters. The second-order valence-electron chi connectivity index (χ2n) is 15.6. The molecule has 14 heteroatoms. The van der Waals surface area contributed by atoms with Crippen molar-refractivity contribution < 1.29 is 52.3 Å². The van der Waals surface area contributed by atoms with Crippen LogP contribution in [0.15, 0.2) is 146 Å². The molecule has 0 aromatic heterocycles. The van der Waals surface area contributed by atoms with E-state index < -0.39 is 24.4 Å². The molecule has 340 valence electrons. The van der Waals surface area contributed by atoms with Crippen molar-refractivity contribution in [3.05, 3.63) is 179 Å². The van der Waals surface area contributed by atoms with Crippen LogP contribution in [0, 0.1) is 0 Å². The first-order chi connectivity index (χ1) is 32.2. The molecule has 6 aromatic carbocycles. The van der Waals surface area contributed by atoms with Gasteiger partial charge in [-0.05, 0) is 89.3 Å². The van der Waals surface area contributed by atoms with Crippen LogP contribution >= 0.6 is 0 Å². The van der Waals surface area contributed by atoms with Crippen LogP contribution in [0.5, 0.6) is 17.2 Å². The first-order valence-corrected chi connectivity index (χ1v) is 21.5. The third-order valence-electron chi connectivity index (χ3n) is 10.3. The van der Waals surface area contributed by atoms with Crippen molar-refractivity contribution in [3.63, 3.8) is 0 Å². The molecule has 6 aromatic rings. The molecule has 0 fully saturated rings. The minimum absolute atomic E-state index is 0.0373. The second kappa shape index (κ2) is 23.2. The van der Waals surface area contributed by atoms with Gasteiger partial charge in [0, 0.05) is 49.0 Å². The van der Waals surface area contributed by atoms with Crippen LogP contribution in [0.2, 0.25) is 0 Å². The van der Waals surface area contributed by atoms with Gasteiger partial charge in [-0.25, -0.2) is 14.4 Å². The Balaban J connectivity index is 0.000000147. The van der Waals surface area contributed by atoms with E-state index in [2.05, 4.69) is 16.0 Å². The minimum Gasteiger partial charge on any atom is -0.490 e. The molecule has 0 bridgehead atoms. The molecule has 0 spiro atoms. The Labute approximate surface area is 383 Å². The van der Waals surface area contributed by atoms with Gasteiger partial charge in [-0.15, -0.1) is 0 Å². The molecule has 3 heterocycles. The number of amides is 3. The molecule has 3 N–H and O–H groups in total. The van der Waals surface area contributed by atoms with E-state index in [1.165, 1.54) is 0 Å². The minimum atomic E-state index is -0.519. The summed E-state index contributed by atoms with van der Waals surface area (Å²) in [6.45, 7) is 3.31. The first kappa shape index (κ1) is 46.2. The Bertz CT molecular complexity index is 2560. The summed E-state index contributed by atoms with van der Waals surface area (Å²) in [7, 11) is 1.65. The molecule has 66 heavy (non-hydrogen) atoms. The van der Waals surface area contributed by atoms with E-state index in [1.807, 2.05) is 128 Å². The van der Waals surface area contributed by atoms with Gasteiger partial charge in [0.25, 0.3) is 0 Å². The zero-order chi connectivity index (χ0) is 46.1. The first-order valence-electron chi connectivity index (χ1n) is 21.5. The van der Waals surface area contributed by atoms with Crippen molar-refractivity contribution in [1.29, 1.82) is 0 Å². The smallest absolute Gasteiger partial charge is 0.411 e. The van der Waals surface area contributed by atoms with Crippen LogP contribution in [-0.2, 0) is 62.8 Å². The Hall–Kier alpha value is -7.84. The van der Waals surface area contributed by atoms with Crippen LogP contribution in [0.4, 0.5) is 31.4 Å². The zero-order valence-electron chi connectivity index (χ0n) is 36.6. The largest absolute Gasteiger partial charge is 0.490 e. The number of carbonyl (C=O) groups is 4. The van der Waals surface area contributed by atoms with Gasteiger partial charge >= 0.3 is 18.3 Å². The molecule has 0 saturated carbocycles. The lowest BCUT2D eigenvalue weighted by atomic mass is 10.1. The number of hydrogen-bond donors (Lipinski definition) is 3. The molecule has 3 aliphatic rings. The quantitative estimate of drug-likeness (QED) is 0.0790. The van der Waals surface area contributed by atoms with E-state index in [4.69, 9.17) is 33.2 Å². The van der Waals surface area contributed by atoms with Crippen LogP contribution in [-0.4, -0.2) is 56.6 Å². The maximum absolute atomic E-state index is 11.9. The zero-order valence-corrected chi connectivity index (χ0v) is 36.6. The fourth-order valence-electron chi connectivity index (χ4n) is 7.24. The number of methoxy groups -OCH3 is 1. The molecule has 3 amide bonds. The number of benzene rings is 6. The van der Waals surface area contributed by atoms with Gasteiger partial charge in [-0.2, -0.15) is 0 Å². The Morgan fingerprint density at radius 2 is 0.924 bits per heavy atom. The number of nitrogens with one attached hydrogen (secondary N) is 3. The third kappa shape index (κ3) is 13.8. The average Bonchev–Trinajstić information content (AvgIpc) is 4.06. The van der Waals surface area contributed by atoms with Gasteiger partial charge in [0.15, 0.2) is 12.4 Å². The number of ether oxygens (including phenoxy) is 7. The van der Waals surface area contributed by atoms with Crippen molar-refractivity contribution in [3.8, 4) is 17.2 Å². The molecule has 3 atom stereocenters. The van der Waals surface area contributed by atoms with E-state index in [0.717, 1.165) is 69.7 Å². The Morgan fingerprint density at radius 1 is 0.530 bits per heavy atom. The summed E-state index contributed by atoms with van der Waals surface area (Å²) < 4.78 is 37.4. The maximum Gasteiger partial charge on any atom is 0.411 e. The van der Waals surface area contributed by atoms with E-state index in [-0.39, 0.29) is 32.0 Å². The summed E-state index contributed by atoms with van der Waals surface area (Å²) in [4.78, 5) is 46.2. The fourth-order valence-corrected chi connectivity index (χ4v) is 7.24. The summed E-state index contributed by atoms with van der Waals surface area (Å²) in [6.07, 6.45) is 1.29. The third-order valence-corrected chi connectivity index (χ3v) is 10.3. The van der Waals surface area contributed by atoms with Crippen LogP contribution < -0.4 is 30.2 Å². The molecule has 0 saturated heterocycles. The topological polar surface area (TPSA) is 169 Å². The predicted molar refractivity (Wildman–Crippen MR) is 248 cm³/mol. The number of hydrogen-bond acceptors (Lipinski definition) is 11. The van der Waals surface area contributed by atoms with Crippen molar-refractivity contribution >= 4 is 41.6 Å². The highest BCUT2D eigenvalue weighted by Crippen LogP contribution is 2.33. The van der Waals surface area contributed by atoms with Crippen molar-refractivity contribution in [2.45, 2.75) is 64.3 Å². The van der Waals surface area contributed by atoms with Crippen molar-refractivity contribution in [2.24, 2.45) is 0 Å². The molecule has 14 nitrogen and oxygen atoms in total. The van der Waals surface area contributed by atoms with Crippen LogP contribution in [0.1, 0.15) is 40.3 Å². The lowest BCUT2D eigenvalue weighted by molar-refractivity contribution is -0.113. The lowest BCUT2D eigenvalue weighted by Crippen LogP contribution is -2.19. The molecule has 0 aliphatic carbocycles. The standard InChI is InChI=1S/C18H19NO4.C17H15NO4.C17H17NO3/c1-21-12-16-10-14-9-15(7-8-17(14)23-16)19-18(20)22-11-13-5-3-2-4-6-13;19-10-15-9-13-8-14(6-7-16(13)22-15)18-17(20)21-11-12-4-2-1-3-5-12;1-12-9-14-10-15(7-8-16(14)21-12)18-17(19)20-11-13-5-3-2-4-6-13/h2-9,16H,10-12H2,1H3,(H,19,20);1-8,10,15H,9,11H2,(H,18,20);2-8,10,12H,9,11H2,1H3,(H,18,19). The average molecular weight is 894 g/mol. The van der Waals surface area contributed by atoms with Gasteiger partial charge in [0.05, 0.1) is 6.61 Å². The van der Waals surface area contributed by atoms with Gasteiger partial charge in [0.2, 0.25) is 0 Å². The van der Waals surface area contributed by atoms with Gasteiger partial charge < -0.3 is 33.2 Å². The SMILES string of the molecule is CC1Cc2cc(NC(=O)OCc3ccccc3)ccc2O1.COCC1Cc2cc(NC(=O)OCc3ccccc3)ccc2O1.O=CC1Cc2cc(NC(=O)OCc3ccccc3)ccc2O1. The highest BCUT2D eigenvalue weighted by Gasteiger charge is 2.24. The maximum atomic E-state index is 11.9. The van der Waals surface area contributed by atoms with Crippen molar-refractivity contribution in [2.75, 3.05) is 29.7 Å². The van der Waals surface area contributed by atoms with Crippen molar-refractivity contribution in [1.82, 2.24) is 0 Å². The van der Waals surface area contributed by atoms with Crippen LogP contribution in [0.3, 0.4) is 0 Å². The van der Waals surface area contributed by atoms with E-state index >= 15 is 0 Å². The predicted octanol–water partition coefficient (Wildman–Crippen LogP) is 10.1. The summed E-state index contributed by atoms with van der Waals surface area (Å²) in [6, 6.07) is 45.1. The summed E-state index contributed by atoms with van der Waals surface area (Å²) in [5.41, 5.74) is 7.96. The molecular formula is C52H51N3O11. The number of anilines is 3. The Kier molecular flexibility index (Phi) is 16.2. The summed E-state index contributed by atoms with van der Waals surface area (Å²) in [5.74, 6) is 2.42. The summed E-state index contributed by atoms with van der Waals surface area (Å²) >= 11 is 0. The summed E-state index contributed by atoms with van der Waals surface area (Å²) in [5, 5.41) is 8.15. The fraction of sp³-hybridized carbons (Fsp3) is 0.231. The Morgan fingerprint density at radius 3 is 1.35 bits per heavy atom. The van der Waals surface area contributed by atoms with E-state index in [1.54, 1.807) is 31.4 Å². The molecule has 0 radical (unpaired) electrons. The van der Waals surface area contributed by atoms with E-state index in [0.29, 0.717) is 30.2 Å². The molecule has 9 rings (SSSR count). The van der Waals surface area contributed by atoms with Gasteiger partial charge in [0.1, 0.15) is 49.3 Å². The van der Waals surface area contributed by atoms with E-state index in [9.17, 15) is 19.2 Å². The number of rotatable bonds is 12. The highest BCUT2D eigenvalue weighted by molar-refractivity contribution is 5.86. The molecule has 3 aliphatic heterocycles. The second-order valence-corrected chi connectivity index (χ2v) is 15.6. The molecular weight excluding hydrogens is 843 g/mol. The number of aldehydes is 1. The van der Waals surface area contributed by atoms with Gasteiger partial charge in [-0.3, -0.25) is 20.7 Å². The number of fused-ring (bicyclic) bond motifs is 3. The van der Waals surface area contributed by atoms with Gasteiger partial charge in [-0.1, -0.05) is 91.0 Å². The monoisotopic (exact) mass is 893 g/mol.